The Morgan fingerprint density at radius 2 is 1.58 bits per heavy atom. The molecular formula is C36H46O14. The molecule has 6 fully saturated rings. The number of epoxide rings is 1. The third kappa shape index (κ3) is 4.07. The van der Waals surface area contributed by atoms with Crippen LogP contribution in [0.2, 0.25) is 0 Å². The Kier molecular flexibility index (Phi) is 7.78. The maximum Gasteiger partial charge on any atom is 0.310 e. The van der Waals surface area contributed by atoms with Crippen LogP contribution in [-0.4, -0.2) is 95.0 Å². The molecule has 0 radical (unpaired) electrons. The summed E-state index contributed by atoms with van der Waals surface area (Å²) < 4.78 is 42.0. The molecule has 3 heterocycles. The number of esters is 4. The van der Waals surface area contributed by atoms with Crippen LogP contribution in [0.15, 0.2) is 23.0 Å². The summed E-state index contributed by atoms with van der Waals surface area (Å²) in [5.41, 5.74) is -6.22. The first-order valence-electron chi connectivity index (χ1n) is 17.3. The summed E-state index contributed by atoms with van der Waals surface area (Å²) in [6.45, 7) is 11.7. The largest absolute Gasteiger partial charge is 0.472 e. The van der Waals surface area contributed by atoms with Crippen LogP contribution in [0, 0.1) is 39.4 Å². The van der Waals surface area contributed by atoms with Crippen LogP contribution in [0.4, 0.5) is 0 Å². The Labute approximate surface area is 289 Å². The van der Waals surface area contributed by atoms with Crippen molar-refractivity contribution in [3.05, 3.63) is 24.2 Å². The van der Waals surface area contributed by atoms with Gasteiger partial charge in [0.2, 0.25) is 6.29 Å². The van der Waals surface area contributed by atoms with Crippen molar-refractivity contribution in [2.45, 2.75) is 123 Å². The van der Waals surface area contributed by atoms with Crippen LogP contribution in [0.5, 0.6) is 0 Å². The fourth-order valence-corrected chi connectivity index (χ4v) is 11.7. The van der Waals surface area contributed by atoms with Crippen LogP contribution in [0.3, 0.4) is 0 Å². The lowest BCUT2D eigenvalue weighted by molar-refractivity contribution is -0.391. The first-order valence-corrected chi connectivity index (χ1v) is 17.3. The smallest absolute Gasteiger partial charge is 0.310 e. The van der Waals surface area contributed by atoms with Gasteiger partial charge in [0.1, 0.15) is 11.7 Å². The highest BCUT2D eigenvalue weighted by atomic mass is 16.7. The Balaban J connectivity index is 1.46. The molecule has 0 unspecified atom stereocenters. The number of aliphatic hydroxyl groups excluding tert-OH is 2. The number of rotatable bonds is 6. The van der Waals surface area contributed by atoms with Gasteiger partial charge in [0.05, 0.1) is 48.1 Å². The quantitative estimate of drug-likeness (QED) is 0.249. The molecule has 1 aromatic heterocycles. The first kappa shape index (κ1) is 35.1. The Hall–Kier alpha value is -3.33. The summed E-state index contributed by atoms with van der Waals surface area (Å²) in [6, 6.07) is 1.80. The van der Waals surface area contributed by atoms with Crippen molar-refractivity contribution in [2.24, 2.45) is 39.4 Å². The topological polar surface area (TPSA) is 198 Å². The van der Waals surface area contributed by atoms with E-state index < -0.39 is 118 Å². The average molecular weight is 703 g/mol. The van der Waals surface area contributed by atoms with Gasteiger partial charge in [0.15, 0.2) is 24.1 Å². The molecule has 6 aliphatic rings. The monoisotopic (exact) mass is 702 g/mol. The number of furan rings is 1. The molecule has 4 saturated carbocycles. The second kappa shape index (κ2) is 11.1. The molecule has 2 N–H and O–H groups in total. The van der Waals surface area contributed by atoms with E-state index in [0.29, 0.717) is 6.42 Å². The van der Waals surface area contributed by atoms with Crippen molar-refractivity contribution < 1.29 is 67.0 Å². The van der Waals surface area contributed by atoms with Crippen LogP contribution >= 0.6 is 0 Å². The average Bonchev–Trinajstić information content (AvgIpc) is 3.38. The number of hydrogen-bond acceptors (Lipinski definition) is 14. The molecule has 4 aliphatic carbocycles. The molecule has 15 atom stereocenters. The summed E-state index contributed by atoms with van der Waals surface area (Å²) in [5, 5.41) is 25.2. The number of carbonyl (C=O) groups excluding carboxylic acids is 5. The van der Waals surface area contributed by atoms with Crippen molar-refractivity contribution in [3.8, 4) is 0 Å². The molecular weight excluding hydrogens is 656 g/mol. The van der Waals surface area contributed by atoms with E-state index >= 15 is 4.79 Å². The summed E-state index contributed by atoms with van der Waals surface area (Å²) >= 11 is 0. The zero-order valence-corrected chi connectivity index (χ0v) is 29.5. The lowest BCUT2D eigenvalue weighted by Gasteiger charge is -2.73. The van der Waals surface area contributed by atoms with Crippen LogP contribution in [0.1, 0.15) is 79.7 Å². The number of ether oxygens (including phenoxy) is 6. The minimum Gasteiger partial charge on any atom is -0.472 e. The Bertz CT molecular complexity index is 1620. The second-order valence-electron chi connectivity index (χ2n) is 16.1. The Morgan fingerprint density at radius 3 is 2.16 bits per heavy atom. The third-order valence-electron chi connectivity index (χ3n) is 13.6. The lowest BCUT2D eigenvalue weighted by Crippen LogP contribution is -2.84. The van der Waals surface area contributed by atoms with Crippen molar-refractivity contribution in [1.82, 2.24) is 0 Å². The zero-order valence-electron chi connectivity index (χ0n) is 29.5. The van der Waals surface area contributed by atoms with Gasteiger partial charge in [0.25, 0.3) is 0 Å². The SMILES string of the molecule is CC(=O)O[C@H]1[C@@H](OC(C)=O)[C@]2(C)[C@H](OC(=O)C(C)C)OC[C@]3([C@H]4C(=O)[C@H](OC(C)=O)[C@@]5(C)[C@H](c6ccoc6)C[C@H]6O[C@]65[C@]4(C)[C@H](O)C[C@@H]23)[C@H]1O. The van der Waals surface area contributed by atoms with Gasteiger partial charge in [-0.1, -0.05) is 27.7 Å². The first-order chi connectivity index (χ1) is 23.3. The highest BCUT2D eigenvalue weighted by Gasteiger charge is 2.93. The van der Waals surface area contributed by atoms with Crippen molar-refractivity contribution >= 4 is 29.7 Å². The standard InChI is InChI=1S/C36H46O14/c1-15(2)30(43)49-31-32(6)21-12-22(40)34(8)26(35(21,14-45-31)27(42)25(46-16(3)37)29(32)48-18(5)39)24(41)28(47-17(4)38)33(7)20(19-9-10-44-13-19)11-23-36(33,34)50-23/h9-10,13,15,20-23,25-29,31,40,42H,11-12,14H2,1-8H3/t20-,21-,22+,23+,25+,26-,27-,28-,29+,31-,32+,33+,34+,35-,36+/m0/s1. The number of hydrogen-bond donors (Lipinski definition) is 2. The molecule has 274 valence electrons. The molecule has 1 aromatic rings. The van der Waals surface area contributed by atoms with Gasteiger partial charge in [-0.3, -0.25) is 24.0 Å². The zero-order chi connectivity index (χ0) is 36.5. The maximum absolute atomic E-state index is 15.5. The van der Waals surface area contributed by atoms with Gasteiger partial charge >= 0.3 is 23.9 Å². The van der Waals surface area contributed by atoms with E-state index in [-0.39, 0.29) is 18.9 Å². The summed E-state index contributed by atoms with van der Waals surface area (Å²) in [6.07, 6.45) is -5.64. The molecule has 50 heavy (non-hydrogen) atoms. The number of carbonyl (C=O) groups is 5. The Morgan fingerprint density at radius 1 is 0.920 bits per heavy atom. The van der Waals surface area contributed by atoms with Gasteiger partial charge in [-0.2, -0.15) is 0 Å². The fourth-order valence-electron chi connectivity index (χ4n) is 11.7. The molecule has 14 heteroatoms. The molecule has 2 aliphatic heterocycles. The molecule has 7 rings (SSSR count). The molecule has 2 bridgehead atoms. The number of aliphatic hydroxyl groups is 2. The predicted octanol–water partition coefficient (Wildman–Crippen LogP) is 2.21. The molecule has 0 aromatic carbocycles. The van der Waals surface area contributed by atoms with E-state index in [2.05, 4.69) is 0 Å². The van der Waals surface area contributed by atoms with E-state index in [1.165, 1.54) is 13.2 Å². The second-order valence-corrected chi connectivity index (χ2v) is 16.1. The van der Waals surface area contributed by atoms with E-state index in [1.807, 2.05) is 6.92 Å². The predicted molar refractivity (Wildman–Crippen MR) is 166 cm³/mol. The van der Waals surface area contributed by atoms with Crippen molar-refractivity contribution in [3.63, 3.8) is 0 Å². The van der Waals surface area contributed by atoms with E-state index in [0.717, 1.165) is 19.4 Å². The van der Waals surface area contributed by atoms with Crippen molar-refractivity contribution in [2.75, 3.05) is 6.61 Å². The van der Waals surface area contributed by atoms with E-state index in [4.69, 9.17) is 32.8 Å². The van der Waals surface area contributed by atoms with Gasteiger partial charge in [-0.15, -0.1) is 0 Å². The van der Waals surface area contributed by atoms with Crippen molar-refractivity contribution in [1.29, 1.82) is 0 Å². The molecule has 14 nitrogen and oxygen atoms in total. The number of Topliss-reactive ketones (excluding diaryl/α,β-unsaturated/α-hetero) is 1. The molecule has 1 spiro atoms. The number of fused-ring (bicyclic) bond motifs is 1. The summed E-state index contributed by atoms with van der Waals surface area (Å²) in [4.78, 5) is 66.7. The van der Waals surface area contributed by atoms with Crippen LogP contribution < -0.4 is 0 Å². The van der Waals surface area contributed by atoms with E-state index in [9.17, 15) is 29.4 Å². The van der Waals surface area contributed by atoms with E-state index in [1.54, 1.807) is 40.0 Å². The minimum atomic E-state index is -1.70. The molecule has 0 amide bonds. The van der Waals surface area contributed by atoms with Gasteiger partial charge in [-0.05, 0) is 37.3 Å². The summed E-state index contributed by atoms with van der Waals surface area (Å²) in [7, 11) is 0. The van der Waals surface area contributed by atoms with Gasteiger partial charge in [0, 0.05) is 43.4 Å². The molecule has 2 saturated heterocycles. The highest BCUT2D eigenvalue weighted by molar-refractivity contribution is 5.93. The van der Waals surface area contributed by atoms with Crippen LogP contribution in [-0.2, 0) is 52.4 Å². The minimum absolute atomic E-state index is 0.0556. The third-order valence-corrected chi connectivity index (χ3v) is 13.6. The van der Waals surface area contributed by atoms with Crippen LogP contribution in [0.25, 0.3) is 0 Å². The number of ketones is 1. The fraction of sp³-hybridized carbons (Fsp3) is 0.750. The lowest BCUT2D eigenvalue weighted by atomic mass is 9.33. The highest BCUT2D eigenvalue weighted by Crippen LogP contribution is 2.83. The van der Waals surface area contributed by atoms with Gasteiger partial charge in [-0.25, -0.2) is 0 Å². The van der Waals surface area contributed by atoms with Gasteiger partial charge < -0.3 is 43.1 Å². The maximum atomic E-state index is 15.5. The normalized spacial score (nSPS) is 48.3. The summed E-state index contributed by atoms with van der Waals surface area (Å²) in [5.74, 6) is -6.59.